The minimum absolute atomic E-state index is 0.136. The molecule has 1 aliphatic carbocycles. The predicted octanol–water partition coefficient (Wildman–Crippen LogP) is 2.57. The molecule has 0 radical (unpaired) electrons. The molecule has 1 aromatic rings. The maximum atomic E-state index is 12.1. The Bertz CT molecular complexity index is 489. The summed E-state index contributed by atoms with van der Waals surface area (Å²) in [5.74, 6) is 0.136. The van der Waals surface area contributed by atoms with Crippen LogP contribution >= 0.6 is 11.3 Å². The van der Waals surface area contributed by atoms with Crippen LogP contribution in [-0.2, 0) is 11.2 Å². The molecule has 1 aliphatic heterocycles. The molecule has 5 heteroatoms. The zero-order chi connectivity index (χ0) is 16.1. The van der Waals surface area contributed by atoms with Crippen molar-refractivity contribution >= 4 is 17.2 Å². The van der Waals surface area contributed by atoms with Gasteiger partial charge in [0.2, 0.25) is 5.91 Å². The van der Waals surface area contributed by atoms with E-state index in [2.05, 4.69) is 10.2 Å². The lowest BCUT2D eigenvalue weighted by atomic mass is 9.84. The van der Waals surface area contributed by atoms with Crippen molar-refractivity contribution in [2.45, 2.75) is 63.0 Å². The third-order valence-corrected chi connectivity index (χ3v) is 6.05. The van der Waals surface area contributed by atoms with Gasteiger partial charge in [0.1, 0.15) is 0 Å². The highest BCUT2D eigenvalue weighted by Crippen LogP contribution is 2.29. The van der Waals surface area contributed by atoms with E-state index >= 15 is 0 Å². The lowest BCUT2D eigenvalue weighted by molar-refractivity contribution is -0.121. The first-order valence-corrected chi connectivity index (χ1v) is 9.77. The maximum Gasteiger partial charge on any atom is 0.225 e. The van der Waals surface area contributed by atoms with E-state index < -0.39 is 5.60 Å². The molecule has 0 aromatic carbocycles. The Morgan fingerprint density at radius 3 is 2.70 bits per heavy atom. The monoisotopic (exact) mass is 336 g/mol. The van der Waals surface area contributed by atoms with Crippen LogP contribution < -0.4 is 5.32 Å². The number of carbonyl (C=O) groups excluding carboxylic acids is 1. The van der Waals surface area contributed by atoms with Crippen LogP contribution in [0.1, 0.15) is 49.8 Å². The molecule has 1 amide bonds. The molecule has 0 atom stereocenters. The standard InChI is InChI=1S/C18H28N2O2S/c21-17(13-16-5-4-12-23-16)19-15-6-10-20(11-7-15)14-18(22)8-2-1-3-9-18/h4-5,12,15,22H,1-3,6-11,13-14H2,(H,19,21). The van der Waals surface area contributed by atoms with Crippen molar-refractivity contribution in [3.05, 3.63) is 22.4 Å². The molecule has 23 heavy (non-hydrogen) atoms. The molecule has 0 unspecified atom stereocenters. The highest BCUT2D eigenvalue weighted by molar-refractivity contribution is 7.10. The number of hydrogen-bond donors (Lipinski definition) is 2. The van der Waals surface area contributed by atoms with Gasteiger partial charge < -0.3 is 15.3 Å². The predicted molar refractivity (Wildman–Crippen MR) is 93.7 cm³/mol. The van der Waals surface area contributed by atoms with E-state index in [1.807, 2.05) is 17.5 Å². The van der Waals surface area contributed by atoms with E-state index in [1.165, 1.54) is 6.42 Å². The van der Waals surface area contributed by atoms with Crippen LogP contribution in [0.15, 0.2) is 17.5 Å². The molecule has 2 aliphatic rings. The van der Waals surface area contributed by atoms with Gasteiger partial charge in [0.05, 0.1) is 12.0 Å². The van der Waals surface area contributed by atoms with Crippen molar-refractivity contribution in [3.63, 3.8) is 0 Å². The van der Waals surface area contributed by atoms with Gasteiger partial charge in [0.25, 0.3) is 0 Å². The largest absolute Gasteiger partial charge is 0.389 e. The Kier molecular flexibility index (Phi) is 5.72. The zero-order valence-electron chi connectivity index (χ0n) is 13.8. The smallest absolute Gasteiger partial charge is 0.225 e. The average molecular weight is 337 g/mol. The number of likely N-dealkylation sites (tertiary alicyclic amines) is 1. The van der Waals surface area contributed by atoms with Crippen LogP contribution in [-0.4, -0.2) is 47.2 Å². The van der Waals surface area contributed by atoms with Gasteiger partial charge in [0.15, 0.2) is 0 Å². The molecule has 2 heterocycles. The Morgan fingerprint density at radius 1 is 1.30 bits per heavy atom. The van der Waals surface area contributed by atoms with Crippen molar-refractivity contribution in [2.24, 2.45) is 0 Å². The normalized spacial score (nSPS) is 22.8. The Balaban J connectivity index is 1.39. The van der Waals surface area contributed by atoms with Crippen LogP contribution in [0.2, 0.25) is 0 Å². The number of β-amino-alcohol motifs (C(OH)–C–C–N with tert-alkyl or cyclic N) is 1. The summed E-state index contributed by atoms with van der Waals surface area (Å²) >= 11 is 1.64. The summed E-state index contributed by atoms with van der Waals surface area (Å²) in [5.41, 5.74) is -0.465. The summed E-state index contributed by atoms with van der Waals surface area (Å²) in [6.07, 6.45) is 7.96. The quantitative estimate of drug-likeness (QED) is 0.869. The molecule has 1 saturated carbocycles. The lowest BCUT2D eigenvalue weighted by Crippen LogP contribution is -2.50. The Hall–Kier alpha value is -0.910. The van der Waals surface area contributed by atoms with Crippen molar-refractivity contribution in [2.75, 3.05) is 19.6 Å². The summed E-state index contributed by atoms with van der Waals surface area (Å²) in [6.45, 7) is 2.77. The molecule has 128 valence electrons. The maximum absolute atomic E-state index is 12.1. The lowest BCUT2D eigenvalue weighted by Gasteiger charge is -2.40. The van der Waals surface area contributed by atoms with E-state index in [9.17, 15) is 9.90 Å². The van der Waals surface area contributed by atoms with Gasteiger partial charge in [0, 0.05) is 30.6 Å². The number of carbonyl (C=O) groups is 1. The van der Waals surface area contributed by atoms with Gasteiger partial charge in [-0.2, -0.15) is 0 Å². The summed E-state index contributed by atoms with van der Waals surface area (Å²) < 4.78 is 0. The van der Waals surface area contributed by atoms with Gasteiger partial charge in [-0.3, -0.25) is 4.79 Å². The van der Waals surface area contributed by atoms with E-state index in [0.717, 1.165) is 63.0 Å². The number of piperidine rings is 1. The summed E-state index contributed by atoms with van der Waals surface area (Å²) in [7, 11) is 0. The first-order valence-electron chi connectivity index (χ1n) is 8.89. The van der Waals surface area contributed by atoms with Crippen molar-refractivity contribution < 1.29 is 9.90 Å². The molecule has 2 fully saturated rings. The first-order chi connectivity index (χ1) is 11.1. The molecule has 4 nitrogen and oxygen atoms in total. The van der Waals surface area contributed by atoms with Crippen LogP contribution in [0.25, 0.3) is 0 Å². The summed E-state index contributed by atoms with van der Waals surface area (Å²) in [4.78, 5) is 15.6. The SMILES string of the molecule is O=C(Cc1cccs1)NC1CCN(CC2(O)CCCCC2)CC1. The molecule has 2 N–H and O–H groups in total. The number of hydrogen-bond acceptors (Lipinski definition) is 4. The molecular formula is C18H28N2O2S. The summed E-state index contributed by atoms with van der Waals surface area (Å²) in [6, 6.07) is 4.29. The minimum Gasteiger partial charge on any atom is -0.389 e. The van der Waals surface area contributed by atoms with Gasteiger partial charge in [-0.1, -0.05) is 25.3 Å². The van der Waals surface area contributed by atoms with Crippen LogP contribution in [0, 0.1) is 0 Å². The Morgan fingerprint density at radius 2 is 2.04 bits per heavy atom. The van der Waals surface area contributed by atoms with Gasteiger partial charge in [-0.05, 0) is 37.1 Å². The minimum atomic E-state index is -0.465. The van der Waals surface area contributed by atoms with E-state index in [-0.39, 0.29) is 5.91 Å². The number of nitrogens with zero attached hydrogens (tertiary/aromatic N) is 1. The number of nitrogens with one attached hydrogen (secondary N) is 1. The Labute approximate surface area is 142 Å². The van der Waals surface area contributed by atoms with E-state index in [4.69, 9.17) is 0 Å². The van der Waals surface area contributed by atoms with E-state index in [1.54, 1.807) is 11.3 Å². The topological polar surface area (TPSA) is 52.6 Å². The number of rotatable bonds is 5. The van der Waals surface area contributed by atoms with Crippen LogP contribution in [0.4, 0.5) is 0 Å². The van der Waals surface area contributed by atoms with Gasteiger partial charge >= 0.3 is 0 Å². The third kappa shape index (κ3) is 5.03. The molecule has 0 spiro atoms. The molecule has 3 rings (SSSR count). The van der Waals surface area contributed by atoms with Crippen molar-refractivity contribution in [1.82, 2.24) is 10.2 Å². The summed E-state index contributed by atoms with van der Waals surface area (Å²) in [5, 5.41) is 15.8. The molecule has 1 saturated heterocycles. The third-order valence-electron chi connectivity index (χ3n) is 5.17. The number of aliphatic hydroxyl groups is 1. The first kappa shape index (κ1) is 16.9. The fourth-order valence-corrected chi connectivity index (χ4v) is 4.57. The molecule has 1 aromatic heterocycles. The fraction of sp³-hybridized carbons (Fsp3) is 0.722. The second kappa shape index (κ2) is 7.77. The molecule has 0 bridgehead atoms. The van der Waals surface area contributed by atoms with Gasteiger partial charge in [-0.15, -0.1) is 11.3 Å². The fourth-order valence-electron chi connectivity index (χ4n) is 3.87. The van der Waals surface area contributed by atoms with Crippen molar-refractivity contribution in [3.8, 4) is 0 Å². The van der Waals surface area contributed by atoms with Crippen molar-refractivity contribution in [1.29, 1.82) is 0 Å². The highest BCUT2D eigenvalue weighted by atomic mass is 32.1. The van der Waals surface area contributed by atoms with Crippen LogP contribution in [0.5, 0.6) is 0 Å². The van der Waals surface area contributed by atoms with Crippen LogP contribution in [0.3, 0.4) is 0 Å². The molecular weight excluding hydrogens is 308 g/mol. The number of amides is 1. The second-order valence-corrected chi connectivity index (χ2v) is 8.19. The number of thiophene rings is 1. The second-order valence-electron chi connectivity index (χ2n) is 7.16. The van der Waals surface area contributed by atoms with E-state index in [0.29, 0.717) is 12.5 Å². The highest BCUT2D eigenvalue weighted by Gasteiger charge is 2.32. The van der Waals surface area contributed by atoms with Gasteiger partial charge in [-0.25, -0.2) is 0 Å². The average Bonchev–Trinajstić information content (AvgIpc) is 3.02. The zero-order valence-corrected chi connectivity index (χ0v) is 14.6.